The van der Waals surface area contributed by atoms with Crippen LogP contribution in [0, 0.1) is 25.6 Å². The molecule has 1 amide bonds. The molecule has 3 rings (SSSR count). The van der Waals surface area contributed by atoms with Crippen molar-refractivity contribution in [2.45, 2.75) is 53.2 Å². The fourth-order valence-corrected chi connectivity index (χ4v) is 4.01. The number of carbonyl (C=O) groups is 1. The number of aromatic nitrogens is 2. The average molecular weight is 387 g/mol. The molecule has 1 aliphatic rings. The summed E-state index contributed by atoms with van der Waals surface area (Å²) in [7, 11) is 1.97. The maximum atomic E-state index is 13.2. The fourth-order valence-electron chi connectivity index (χ4n) is 4.01. The highest BCUT2D eigenvalue weighted by atomic mass is 19.1. The molecule has 1 aromatic heterocycles. The highest BCUT2D eigenvalue weighted by Crippen LogP contribution is 2.23. The van der Waals surface area contributed by atoms with Crippen LogP contribution in [0.3, 0.4) is 0 Å². The number of amides is 1. The molecule has 1 aliphatic heterocycles. The summed E-state index contributed by atoms with van der Waals surface area (Å²) in [5, 5.41) is 4.53. The molecule has 1 unspecified atom stereocenters. The van der Waals surface area contributed by atoms with E-state index in [-0.39, 0.29) is 17.8 Å². The summed E-state index contributed by atoms with van der Waals surface area (Å²) in [4.78, 5) is 17.3. The second-order valence-electron chi connectivity index (χ2n) is 8.22. The van der Waals surface area contributed by atoms with Crippen molar-refractivity contribution >= 4 is 5.91 Å². The summed E-state index contributed by atoms with van der Waals surface area (Å²) < 4.78 is 15.2. The van der Waals surface area contributed by atoms with Gasteiger partial charge in [-0.1, -0.05) is 26.0 Å². The lowest BCUT2D eigenvalue weighted by Crippen LogP contribution is -2.45. The molecule has 2 heterocycles. The predicted molar refractivity (Wildman–Crippen MR) is 108 cm³/mol. The smallest absolute Gasteiger partial charge is 0.224 e. The first-order valence-electron chi connectivity index (χ1n) is 10.0. The van der Waals surface area contributed by atoms with Crippen LogP contribution in [0.5, 0.6) is 0 Å². The van der Waals surface area contributed by atoms with Crippen molar-refractivity contribution in [3.8, 4) is 0 Å². The lowest BCUT2D eigenvalue weighted by Gasteiger charge is -2.35. The molecule has 1 saturated heterocycles. The zero-order valence-corrected chi connectivity index (χ0v) is 17.6. The van der Waals surface area contributed by atoms with Crippen LogP contribution in [-0.4, -0.2) is 44.6 Å². The number of benzene rings is 1. The third kappa shape index (κ3) is 4.43. The van der Waals surface area contributed by atoms with Gasteiger partial charge in [0.2, 0.25) is 5.91 Å². The topological polar surface area (TPSA) is 41.4 Å². The maximum absolute atomic E-state index is 13.2. The van der Waals surface area contributed by atoms with Gasteiger partial charge < -0.3 is 4.90 Å². The van der Waals surface area contributed by atoms with E-state index in [2.05, 4.69) is 30.8 Å². The van der Waals surface area contributed by atoms with E-state index in [0.717, 1.165) is 30.9 Å². The Hall–Kier alpha value is -2.21. The Morgan fingerprint density at radius 1 is 1.18 bits per heavy atom. The van der Waals surface area contributed by atoms with Gasteiger partial charge in [0.25, 0.3) is 0 Å². The highest BCUT2D eigenvalue weighted by molar-refractivity contribution is 5.77. The third-order valence-electron chi connectivity index (χ3n) is 5.88. The molecule has 0 aliphatic carbocycles. The van der Waals surface area contributed by atoms with Crippen LogP contribution in [-0.2, 0) is 24.9 Å². The average Bonchev–Trinajstić information content (AvgIpc) is 2.79. The molecule has 0 bridgehead atoms. The molecule has 1 aromatic carbocycles. The molecule has 0 radical (unpaired) electrons. The lowest BCUT2D eigenvalue weighted by atomic mass is 10.0. The quantitative estimate of drug-likeness (QED) is 0.791. The molecular weight excluding hydrogens is 355 g/mol. The first-order valence-corrected chi connectivity index (χ1v) is 10.0. The summed E-state index contributed by atoms with van der Waals surface area (Å²) >= 11 is 0. The van der Waals surface area contributed by atoms with Crippen molar-refractivity contribution in [2.24, 2.45) is 13.0 Å². The lowest BCUT2D eigenvalue weighted by molar-refractivity contribution is -0.134. The van der Waals surface area contributed by atoms with Crippen molar-refractivity contribution in [3.63, 3.8) is 0 Å². The summed E-state index contributed by atoms with van der Waals surface area (Å²) in [6.45, 7) is 11.4. The van der Waals surface area contributed by atoms with Crippen LogP contribution in [0.15, 0.2) is 24.3 Å². The van der Waals surface area contributed by atoms with E-state index in [1.807, 2.05) is 23.6 Å². The molecule has 1 fully saturated rings. The van der Waals surface area contributed by atoms with Crippen LogP contribution >= 0.6 is 0 Å². The predicted octanol–water partition coefficient (Wildman–Crippen LogP) is 3.44. The Kier molecular flexibility index (Phi) is 6.18. The fraction of sp³-hybridized carbons (Fsp3) is 0.545. The van der Waals surface area contributed by atoms with Crippen LogP contribution in [0.1, 0.15) is 42.8 Å². The number of nitrogens with zero attached hydrogens (tertiary/aromatic N) is 4. The van der Waals surface area contributed by atoms with Gasteiger partial charge >= 0.3 is 0 Å². The molecule has 5 nitrogen and oxygen atoms in total. The van der Waals surface area contributed by atoms with E-state index >= 15 is 0 Å². The molecule has 0 saturated carbocycles. The first-order chi connectivity index (χ1) is 13.3. The monoisotopic (exact) mass is 386 g/mol. The van der Waals surface area contributed by atoms with Gasteiger partial charge in [0.1, 0.15) is 5.82 Å². The minimum atomic E-state index is -0.250. The van der Waals surface area contributed by atoms with Crippen molar-refractivity contribution in [3.05, 3.63) is 52.6 Å². The van der Waals surface area contributed by atoms with E-state index in [9.17, 15) is 9.18 Å². The molecule has 0 N–H and O–H groups in total. The first kappa shape index (κ1) is 20.5. The van der Waals surface area contributed by atoms with Crippen molar-refractivity contribution in [1.82, 2.24) is 19.6 Å². The van der Waals surface area contributed by atoms with Crippen molar-refractivity contribution in [1.29, 1.82) is 0 Å². The van der Waals surface area contributed by atoms with Crippen LogP contribution in [0.2, 0.25) is 0 Å². The minimum absolute atomic E-state index is 0.123. The zero-order valence-electron chi connectivity index (χ0n) is 17.6. The van der Waals surface area contributed by atoms with E-state index in [4.69, 9.17) is 0 Å². The molecule has 1 atom stereocenters. The summed E-state index contributed by atoms with van der Waals surface area (Å²) in [6, 6.07) is 6.58. The van der Waals surface area contributed by atoms with Crippen molar-refractivity contribution in [2.75, 3.05) is 13.1 Å². The second kappa shape index (κ2) is 8.43. The van der Waals surface area contributed by atoms with Gasteiger partial charge in [-0.2, -0.15) is 5.10 Å². The standard InChI is InChI=1S/C22H31FN4O/c1-15(2)21-14-26(13-20-16(3)24-25(5)17(20)4)11-10-22(28)27(21)12-18-6-8-19(23)9-7-18/h6-9,15,21H,10-14H2,1-5H3. The second-order valence-corrected chi connectivity index (χ2v) is 8.22. The number of aryl methyl sites for hydroxylation is 2. The SMILES string of the molecule is Cc1nn(C)c(C)c1CN1CCC(=O)N(Cc2ccc(F)cc2)C(C(C)C)C1. The Bertz CT molecular complexity index is 828. The van der Waals surface area contributed by atoms with E-state index < -0.39 is 0 Å². The third-order valence-corrected chi connectivity index (χ3v) is 5.88. The van der Waals surface area contributed by atoms with E-state index in [1.165, 1.54) is 23.4 Å². The van der Waals surface area contributed by atoms with Gasteiger partial charge in [0, 0.05) is 56.9 Å². The normalized spacial score (nSPS) is 18.8. The summed E-state index contributed by atoms with van der Waals surface area (Å²) in [6.07, 6.45) is 0.503. The van der Waals surface area contributed by atoms with E-state index in [1.54, 1.807) is 12.1 Å². The Morgan fingerprint density at radius 3 is 2.43 bits per heavy atom. The summed E-state index contributed by atoms with van der Waals surface area (Å²) in [5.74, 6) is 0.256. The van der Waals surface area contributed by atoms with Crippen LogP contribution < -0.4 is 0 Å². The van der Waals surface area contributed by atoms with Gasteiger partial charge in [-0.25, -0.2) is 4.39 Å². The summed E-state index contributed by atoms with van der Waals surface area (Å²) in [5.41, 5.74) is 4.45. The van der Waals surface area contributed by atoms with Gasteiger partial charge in [0.15, 0.2) is 0 Å². The van der Waals surface area contributed by atoms with Gasteiger partial charge in [0.05, 0.1) is 5.69 Å². The minimum Gasteiger partial charge on any atom is -0.334 e. The number of rotatable bonds is 5. The van der Waals surface area contributed by atoms with Gasteiger partial charge in [-0.05, 0) is 37.5 Å². The number of carbonyl (C=O) groups excluding carboxylic acids is 1. The zero-order chi connectivity index (χ0) is 20.4. The van der Waals surface area contributed by atoms with Gasteiger partial charge in [-0.15, -0.1) is 0 Å². The molecule has 28 heavy (non-hydrogen) atoms. The molecule has 6 heteroatoms. The Labute approximate surface area is 167 Å². The number of hydrogen-bond donors (Lipinski definition) is 0. The van der Waals surface area contributed by atoms with Gasteiger partial charge in [-0.3, -0.25) is 14.4 Å². The largest absolute Gasteiger partial charge is 0.334 e. The van der Waals surface area contributed by atoms with E-state index in [0.29, 0.717) is 18.9 Å². The van der Waals surface area contributed by atoms with Crippen LogP contribution in [0.25, 0.3) is 0 Å². The Morgan fingerprint density at radius 2 is 1.86 bits per heavy atom. The van der Waals surface area contributed by atoms with Crippen LogP contribution in [0.4, 0.5) is 4.39 Å². The molecule has 152 valence electrons. The molecular formula is C22H31FN4O. The highest BCUT2D eigenvalue weighted by Gasteiger charge is 2.32. The molecule has 0 spiro atoms. The Balaban J connectivity index is 1.80. The maximum Gasteiger partial charge on any atom is 0.224 e. The molecule has 2 aromatic rings. The number of halogens is 1. The number of hydrogen-bond acceptors (Lipinski definition) is 3. The van der Waals surface area contributed by atoms with Crippen molar-refractivity contribution < 1.29 is 9.18 Å².